The van der Waals surface area contributed by atoms with Gasteiger partial charge in [0.25, 0.3) is 0 Å². The monoisotopic (exact) mass is 298 g/mol. The van der Waals surface area contributed by atoms with Crippen LogP contribution in [0.3, 0.4) is 0 Å². The predicted molar refractivity (Wildman–Crippen MR) is 77.5 cm³/mol. The normalized spacial score (nSPS) is 10.5. The van der Waals surface area contributed by atoms with Crippen molar-refractivity contribution in [3.05, 3.63) is 28.3 Å². The molecule has 0 spiro atoms. The Hall–Kier alpha value is -1.55. The number of halogens is 1. The standard InChI is InChI=1S/C15H19ClO4/c1-9(2)20-14-7-10(3)12(16)8-11(14)13(17)5-6-15(18)19-4/h7-9H,5-6H2,1-4H3. The molecule has 0 aliphatic heterocycles. The Labute approximate surface area is 124 Å². The first-order chi connectivity index (χ1) is 9.35. The summed E-state index contributed by atoms with van der Waals surface area (Å²) in [6.07, 6.45) is 0.0605. The summed E-state index contributed by atoms with van der Waals surface area (Å²) in [5, 5.41) is 0.502. The van der Waals surface area contributed by atoms with Crippen LogP contribution in [0.5, 0.6) is 5.75 Å². The molecule has 110 valence electrons. The summed E-state index contributed by atoms with van der Waals surface area (Å²) in [7, 11) is 1.29. The third kappa shape index (κ3) is 4.53. The van der Waals surface area contributed by atoms with Crippen molar-refractivity contribution in [3.8, 4) is 5.75 Å². The van der Waals surface area contributed by atoms with Crippen molar-refractivity contribution in [2.24, 2.45) is 0 Å². The maximum Gasteiger partial charge on any atom is 0.305 e. The molecular weight excluding hydrogens is 280 g/mol. The van der Waals surface area contributed by atoms with Crippen molar-refractivity contribution in [3.63, 3.8) is 0 Å². The van der Waals surface area contributed by atoms with Crippen LogP contribution in [0.2, 0.25) is 5.02 Å². The quantitative estimate of drug-likeness (QED) is 0.595. The Kier molecular flexibility index (Phi) is 6.02. The summed E-state index contributed by atoms with van der Waals surface area (Å²) in [5.41, 5.74) is 1.24. The maximum atomic E-state index is 12.2. The van der Waals surface area contributed by atoms with E-state index in [1.54, 1.807) is 12.1 Å². The highest BCUT2D eigenvalue weighted by molar-refractivity contribution is 6.31. The van der Waals surface area contributed by atoms with Crippen molar-refractivity contribution in [2.45, 2.75) is 39.7 Å². The molecule has 0 aliphatic carbocycles. The summed E-state index contributed by atoms with van der Waals surface area (Å²) in [6.45, 7) is 5.61. The third-order valence-electron chi connectivity index (χ3n) is 2.71. The molecule has 0 fully saturated rings. The van der Waals surface area contributed by atoms with Gasteiger partial charge in [-0.25, -0.2) is 0 Å². The molecule has 0 amide bonds. The minimum Gasteiger partial charge on any atom is -0.490 e. The van der Waals surface area contributed by atoms with E-state index < -0.39 is 5.97 Å². The van der Waals surface area contributed by atoms with Crippen LogP contribution in [0, 0.1) is 6.92 Å². The number of ketones is 1. The van der Waals surface area contributed by atoms with Crippen LogP contribution >= 0.6 is 11.6 Å². The lowest BCUT2D eigenvalue weighted by atomic mass is 10.0. The van der Waals surface area contributed by atoms with Crippen molar-refractivity contribution in [1.82, 2.24) is 0 Å². The van der Waals surface area contributed by atoms with E-state index in [1.807, 2.05) is 20.8 Å². The van der Waals surface area contributed by atoms with Crippen LogP contribution in [-0.4, -0.2) is 25.0 Å². The second-order valence-electron chi connectivity index (χ2n) is 4.76. The zero-order valence-corrected chi connectivity index (χ0v) is 12.9. The highest BCUT2D eigenvalue weighted by Crippen LogP contribution is 2.28. The Bertz CT molecular complexity index is 509. The molecule has 5 heteroatoms. The smallest absolute Gasteiger partial charge is 0.305 e. The van der Waals surface area contributed by atoms with E-state index in [1.165, 1.54) is 7.11 Å². The number of benzene rings is 1. The molecule has 0 heterocycles. The Balaban J connectivity index is 2.99. The first kappa shape index (κ1) is 16.5. The maximum absolute atomic E-state index is 12.2. The van der Waals surface area contributed by atoms with E-state index in [-0.39, 0.29) is 24.7 Å². The number of carbonyl (C=O) groups is 2. The van der Waals surface area contributed by atoms with E-state index in [4.69, 9.17) is 16.3 Å². The number of hydrogen-bond donors (Lipinski definition) is 0. The first-order valence-corrected chi connectivity index (χ1v) is 6.79. The molecule has 0 unspecified atom stereocenters. The average molecular weight is 299 g/mol. The Morgan fingerprint density at radius 2 is 1.90 bits per heavy atom. The van der Waals surface area contributed by atoms with Gasteiger partial charge >= 0.3 is 5.97 Å². The molecule has 0 saturated carbocycles. The number of ether oxygens (including phenoxy) is 2. The molecule has 1 aromatic carbocycles. The van der Waals surface area contributed by atoms with Gasteiger partial charge in [0.05, 0.1) is 25.2 Å². The topological polar surface area (TPSA) is 52.6 Å². The molecule has 1 rings (SSSR count). The fraction of sp³-hybridized carbons (Fsp3) is 0.467. The summed E-state index contributed by atoms with van der Waals surface area (Å²) < 4.78 is 10.2. The number of Topliss-reactive ketones (excluding diaryl/α,β-unsaturated/α-hetero) is 1. The summed E-state index contributed by atoms with van der Waals surface area (Å²) in [6, 6.07) is 3.34. The summed E-state index contributed by atoms with van der Waals surface area (Å²) in [4.78, 5) is 23.3. The lowest BCUT2D eigenvalue weighted by molar-refractivity contribution is -0.140. The van der Waals surface area contributed by atoms with Gasteiger partial charge in [0.2, 0.25) is 0 Å². The third-order valence-corrected chi connectivity index (χ3v) is 3.11. The van der Waals surface area contributed by atoms with E-state index >= 15 is 0 Å². The zero-order valence-electron chi connectivity index (χ0n) is 12.2. The highest BCUT2D eigenvalue weighted by atomic mass is 35.5. The number of methoxy groups -OCH3 is 1. The number of aryl methyl sites for hydroxylation is 1. The van der Waals surface area contributed by atoms with E-state index in [0.29, 0.717) is 16.3 Å². The van der Waals surface area contributed by atoms with Crippen LogP contribution in [0.4, 0.5) is 0 Å². The number of hydrogen-bond acceptors (Lipinski definition) is 4. The molecule has 0 bridgehead atoms. The van der Waals surface area contributed by atoms with Crippen LogP contribution in [0.1, 0.15) is 42.6 Å². The minimum atomic E-state index is -0.414. The van der Waals surface area contributed by atoms with Crippen LogP contribution in [-0.2, 0) is 9.53 Å². The Morgan fingerprint density at radius 3 is 2.45 bits per heavy atom. The molecule has 20 heavy (non-hydrogen) atoms. The van der Waals surface area contributed by atoms with Crippen molar-refractivity contribution < 1.29 is 19.1 Å². The highest BCUT2D eigenvalue weighted by Gasteiger charge is 2.17. The molecule has 4 nitrogen and oxygen atoms in total. The van der Waals surface area contributed by atoms with Crippen LogP contribution in [0.25, 0.3) is 0 Å². The van der Waals surface area contributed by atoms with Gasteiger partial charge in [0.15, 0.2) is 5.78 Å². The molecule has 0 aromatic heterocycles. The van der Waals surface area contributed by atoms with Gasteiger partial charge in [-0.1, -0.05) is 11.6 Å². The lowest BCUT2D eigenvalue weighted by Gasteiger charge is -2.15. The number of carbonyl (C=O) groups excluding carboxylic acids is 2. The molecule has 0 atom stereocenters. The average Bonchev–Trinajstić information content (AvgIpc) is 2.38. The molecule has 0 N–H and O–H groups in total. The second-order valence-corrected chi connectivity index (χ2v) is 5.17. The van der Waals surface area contributed by atoms with Crippen molar-refractivity contribution >= 4 is 23.4 Å². The number of rotatable bonds is 6. The van der Waals surface area contributed by atoms with E-state index in [9.17, 15) is 9.59 Å². The van der Waals surface area contributed by atoms with Gasteiger partial charge in [-0.15, -0.1) is 0 Å². The van der Waals surface area contributed by atoms with Gasteiger partial charge in [0, 0.05) is 11.4 Å². The zero-order chi connectivity index (χ0) is 15.3. The fourth-order valence-corrected chi connectivity index (χ4v) is 1.84. The van der Waals surface area contributed by atoms with Gasteiger partial charge in [-0.05, 0) is 38.5 Å². The van der Waals surface area contributed by atoms with Crippen molar-refractivity contribution in [2.75, 3.05) is 7.11 Å². The van der Waals surface area contributed by atoms with Crippen LogP contribution < -0.4 is 4.74 Å². The molecule has 0 saturated heterocycles. The van der Waals surface area contributed by atoms with Gasteiger partial charge in [-0.2, -0.15) is 0 Å². The van der Waals surface area contributed by atoms with Gasteiger partial charge in [0.1, 0.15) is 5.75 Å². The summed E-state index contributed by atoms with van der Waals surface area (Å²) >= 11 is 6.06. The largest absolute Gasteiger partial charge is 0.490 e. The predicted octanol–water partition coefficient (Wildman–Crippen LogP) is 3.57. The fourth-order valence-electron chi connectivity index (χ4n) is 1.68. The Morgan fingerprint density at radius 1 is 1.25 bits per heavy atom. The SMILES string of the molecule is COC(=O)CCC(=O)c1cc(Cl)c(C)cc1OC(C)C. The number of esters is 1. The van der Waals surface area contributed by atoms with Crippen molar-refractivity contribution in [1.29, 1.82) is 0 Å². The summed E-state index contributed by atoms with van der Waals surface area (Å²) in [5.74, 6) is -0.104. The minimum absolute atomic E-state index is 0.0436. The first-order valence-electron chi connectivity index (χ1n) is 6.42. The van der Waals surface area contributed by atoms with E-state index in [2.05, 4.69) is 4.74 Å². The second kappa shape index (κ2) is 7.29. The van der Waals surface area contributed by atoms with E-state index in [0.717, 1.165) is 5.56 Å². The van der Waals surface area contributed by atoms with Gasteiger partial charge in [-0.3, -0.25) is 9.59 Å². The van der Waals surface area contributed by atoms with Gasteiger partial charge < -0.3 is 9.47 Å². The lowest BCUT2D eigenvalue weighted by Crippen LogP contribution is -2.12. The molecular formula is C15H19ClO4. The molecule has 1 aromatic rings. The molecule has 0 aliphatic rings. The van der Waals surface area contributed by atoms with Crippen LogP contribution in [0.15, 0.2) is 12.1 Å². The molecule has 0 radical (unpaired) electrons.